The van der Waals surface area contributed by atoms with E-state index < -0.39 is 6.10 Å². The number of hydrogen-bond acceptors (Lipinski definition) is 3. The van der Waals surface area contributed by atoms with E-state index in [9.17, 15) is 5.11 Å². The lowest BCUT2D eigenvalue weighted by molar-refractivity contribution is 0.192. The van der Waals surface area contributed by atoms with E-state index in [0.717, 1.165) is 27.0 Å². The quantitative estimate of drug-likeness (QED) is 0.745. The van der Waals surface area contributed by atoms with E-state index in [-0.39, 0.29) is 0 Å². The van der Waals surface area contributed by atoms with E-state index in [1.54, 1.807) is 11.3 Å². The molecule has 0 bridgehead atoms. The third kappa shape index (κ3) is 2.09. The second kappa shape index (κ2) is 4.51. The molecule has 1 atom stereocenters. The van der Waals surface area contributed by atoms with Crippen molar-refractivity contribution in [3.63, 3.8) is 0 Å². The molecule has 0 radical (unpaired) electrons. The fraction of sp³-hybridized carbons (Fsp3) is 0.250. The first-order valence-electron chi connectivity index (χ1n) is 6.30. The molecule has 19 heavy (non-hydrogen) atoms. The van der Waals surface area contributed by atoms with Crippen LogP contribution in [-0.4, -0.2) is 5.11 Å². The Morgan fingerprint density at radius 1 is 1.16 bits per heavy atom. The molecule has 2 heterocycles. The first-order valence-corrected chi connectivity index (χ1v) is 7.12. The van der Waals surface area contributed by atoms with Crippen molar-refractivity contribution < 1.29 is 9.52 Å². The smallest absolute Gasteiger partial charge is 0.138 e. The average Bonchev–Trinajstić information content (AvgIpc) is 2.93. The highest BCUT2D eigenvalue weighted by Gasteiger charge is 2.19. The lowest BCUT2D eigenvalue weighted by atomic mass is 10.1. The van der Waals surface area contributed by atoms with Gasteiger partial charge < -0.3 is 9.52 Å². The minimum Gasteiger partial charge on any atom is -0.458 e. The van der Waals surface area contributed by atoms with Crippen LogP contribution in [0.3, 0.4) is 0 Å². The van der Waals surface area contributed by atoms with Crippen LogP contribution in [0.2, 0.25) is 0 Å². The fourth-order valence-electron chi connectivity index (χ4n) is 2.44. The summed E-state index contributed by atoms with van der Waals surface area (Å²) in [6, 6.07) is 9.99. The van der Waals surface area contributed by atoms with Gasteiger partial charge in [0, 0.05) is 20.7 Å². The SMILES string of the molecule is Cc1cc(C(O)c2cc3cccc(C)c3o2)c(C)s1. The van der Waals surface area contributed by atoms with Gasteiger partial charge in [-0.15, -0.1) is 11.3 Å². The Kier molecular flexibility index (Phi) is 2.96. The zero-order valence-corrected chi connectivity index (χ0v) is 12.0. The molecular formula is C16H16O2S. The maximum atomic E-state index is 10.5. The minimum absolute atomic E-state index is 0.616. The van der Waals surface area contributed by atoms with Crippen LogP contribution in [0, 0.1) is 20.8 Å². The van der Waals surface area contributed by atoms with Crippen molar-refractivity contribution in [3.05, 3.63) is 57.0 Å². The Labute approximate surface area is 116 Å². The van der Waals surface area contributed by atoms with Gasteiger partial charge in [0.1, 0.15) is 17.4 Å². The van der Waals surface area contributed by atoms with Crippen LogP contribution in [-0.2, 0) is 0 Å². The molecule has 0 amide bonds. The zero-order valence-electron chi connectivity index (χ0n) is 11.2. The van der Waals surface area contributed by atoms with Gasteiger partial charge in [-0.1, -0.05) is 18.2 Å². The van der Waals surface area contributed by atoms with Crippen molar-refractivity contribution in [1.82, 2.24) is 0 Å². The fourth-order valence-corrected chi connectivity index (χ4v) is 3.40. The molecule has 3 heteroatoms. The van der Waals surface area contributed by atoms with Gasteiger partial charge in [-0.05, 0) is 38.5 Å². The van der Waals surface area contributed by atoms with E-state index >= 15 is 0 Å². The van der Waals surface area contributed by atoms with Gasteiger partial charge in [-0.2, -0.15) is 0 Å². The Morgan fingerprint density at radius 2 is 1.95 bits per heavy atom. The summed E-state index contributed by atoms with van der Waals surface area (Å²) in [7, 11) is 0. The van der Waals surface area contributed by atoms with Gasteiger partial charge in [-0.25, -0.2) is 0 Å². The molecule has 3 aromatic rings. The van der Waals surface area contributed by atoms with E-state index in [1.165, 1.54) is 4.88 Å². The molecule has 3 rings (SSSR count). The molecule has 98 valence electrons. The topological polar surface area (TPSA) is 33.4 Å². The van der Waals surface area contributed by atoms with Crippen LogP contribution in [0.5, 0.6) is 0 Å². The Bertz CT molecular complexity index is 736. The summed E-state index contributed by atoms with van der Waals surface area (Å²) in [5.41, 5.74) is 2.90. The predicted molar refractivity (Wildman–Crippen MR) is 78.8 cm³/mol. The molecule has 2 aromatic heterocycles. The number of benzene rings is 1. The van der Waals surface area contributed by atoms with Gasteiger partial charge in [0.25, 0.3) is 0 Å². The molecule has 1 N–H and O–H groups in total. The highest BCUT2D eigenvalue weighted by molar-refractivity contribution is 7.12. The normalized spacial score (nSPS) is 13.1. The van der Waals surface area contributed by atoms with Crippen molar-refractivity contribution in [1.29, 1.82) is 0 Å². The first-order chi connectivity index (χ1) is 9.06. The molecule has 1 aromatic carbocycles. The number of thiophene rings is 1. The van der Waals surface area contributed by atoms with Crippen LogP contribution in [0.4, 0.5) is 0 Å². The zero-order chi connectivity index (χ0) is 13.6. The lowest BCUT2D eigenvalue weighted by Gasteiger charge is -2.06. The minimum atomic E-state index is -0.684. The van der Waals surface area contributed by atoms with E-state index in [4.69, 9.17) is 4.42 Å². The number of aryl methyl sites for hydroxylation is 3. The van der Waals surface area contributed by atoms with Crippen molar-refractivity contribution in [2.24, 2.45) is 0 Å². The Balaban J connectivity index is 2.09. The molecule has 0 fully saturated rings. The number of para-hydroxylation sites is 1. The molecule has 2 nitrogen and oxygen atoms in total. The van der Waals surface area contributed by atoms with E-state index in [2.05, 4.69) is 6.92 Å². The van der Waals surface area contributed by atoms with Crippen molar-refractivity contribution in [2.75, 3.05) is 0 Å². The third-order valence-electron chi connectivity index (χ3n) is 3.40. The van der Waals surface area contributed by atoms with Crippen LogP contribution < -0.4 is 0 Å². The second-order valence-electron chi connectivity index (χ2n) is 4.91. The number of hydrogen-bond donors (Lipinski definition) is 1. The second-order valence-corrected chi connectivity index (χ2v) is 6.37. The monoisotopic (exact) mass is 272 g/mol. The van der Waals surface area contributed by atoms with Crippen LogP contribution in [0.1, 0.15) is 32.7 Å². The van der Waals surface area contributed by atoms with Crippen LogP contribution in [0.25, 0.3) is 11.0 Å². The van der Waals surface area contributed by atoms with E-state index in [1.807, 2.05) is 44.2 Å². The highest BCUT2D eigenvalue weighted by atomic mass is 32.1. The molecule has 1 unspecified atom stereocenters. The van der Waals surface area contributed by atoms with Gasteiger partial charge in [0.2, 0.25) is 0 Å². The predicted octanol–water partition coefficient (Wildman–Crippen LogP) is 4.50. The maximum absolute atomic E-state index is 10.5. The molecule has 0 aliphatic heterocycles. The van der Waals surface area contributed by atoms with Gasteiger partial charge in [-0.3, -0.25) is 0 Å². The molecule has 0 saturated carbocycles. The van der Waals surface area contributed by atoms with Gasteiger partial charge in [0.15, 0.2) is 0 Å². The number of fused-ring (bicyclic) bond motifs is 1. The molecule has 0 aliphatic rings. The Hall–Kier alpha value is -1.58. The highest BCUT2D eigenvalue weighted by Crippen LogP contribution is 2.34. The number of furan rings is 1. The Morgan fingerprint density at radius 3 is 2.58 bits per heavy atom. The number of rotatable bonds is 2. The first kappa shape index (κ1) is 12.5. The molecule has 0 aliphatic carbocycles. The van der Waals surface area contributed by atoms with Crippen LogP contribution in [0.15, 0.2) is 34.7 Å². The molecule has 0 saturated heterocycles. The summed E-state index contributed by atoms with van der Waals surface area (Å²) in [6.45, 7) is 6.10. The van der Waals surface area contributed by atoms with Crippen molar-refractivity contribution in [2.45, 2.75) is 26.9 Å². The largest absolute Gasteiger partial charge is 0.458 e. The summed E-state index contributed by atoms with van der Waals surface area (Å²) < 4.78 is 5.83. The van der Waals surface area contributed by atoms with Gasteiger partial charge >= 0.3 is 0 Å². The van der Waals surface area contributed by atoms with Crippen molar-refractivity contribution in [3.8, 4) is 0 Å². The summed E-state index contributed by atoms with van der Waals surface area (Å²) in [6.07, 6.45) is -0.684. The lowest BCUT2D eigenvalue weighted by Crippen LogP contribution is -1.97. The number of aliphatic hydroxyl groups excluding tert-OH is 1. The standard InChI is InChI=1S/C16H16O2S/c1-9-5-4-6-12-8-14(18-16(9)12)15(17)13-7-10(2)19-11(13)3/h4-8,15,17H,1-3H3. The summed E-state index contributed by atoms with van der Waals surface area (Å²) in [4.78, 5) is 2.35. The van der Waals surface area contributed by atoms with Crippen LogP contribution >= 0.6 is 11.3 Å². The van der Waals surface area contributed by atoms with E-state index in [0.29, 0.717) is 5.76 Å². The third-order valence-corrected chi connectivity index (χ3v) is 4.39. The maximum Gasteiger partial charge on any atom is 0.138 e. The van der Waals surface area contributed by atoms with Crippen molar-refractivity contribution >= 4 is 22.3 Å². The average molecular weight is 272 g/mol. The summed E-state index contributed by atoms with van der Waals surface area (Å²) in [5.74, 6) is 0.616. The van der Waals surface area contributed by atoms with Gasteiger partial charge in [0.05, 0.1) is 0 Å². The summed E-state index contributed by atoms with van der Waals surface area (Å²) in [5, 5.41) is 11.5. The number of aliphatic hydroxyl groups is 1. The molecular weight excluding hydrogens is 256 g/mol. The summed E-state index contributed by atoms with van der Waals surface area (Å²) >= 11 is 1.70. The molecule has 0 spiro atoms.